The Morgan fingerprint density at radius 1 is 1.03 bits per heavy atom. The molecule has 32 heavy (non-hydrogen) atoms. The van der Waals surface area contributed by atoms with Gasteiger partial charge in [-0.05, 0) is 35.9 Å². The molecule has 0 bridgehead atoms. The molecule has 8 heteroatoms. The molecule has 0 unspecified atom stereocenters. The molecule has 0 fully saturated rings. The predicted octanol–water partition coefficient (Wildman–Crippen LogP) is 3.57. The van der Waals surface area contributed by atoms with Gasteiger partial charge in [0.05, 0.1) is 16.8 Å². The first-order valence-electron chi connectivity index (χ1n) is 10.5. The van der Waals surface area contributed by atoms with Crippen molar-refractivity contribution in [3.8, 4) is 5.69 Å². The van der Waals surface area contributed by atoms with Crippen molar-refractivity contribution >= 4 is 22.0 Å². The van der Waals surface area contributed by atoms with Crippen LogP contribution in [-0.2, 0) is 21.4 Å². The Kier molecular flexibility index (Phi) is 7.61. The Balaban J connectivity index is 1.62. The van der Waals surface area contributed by atoms with Gasteiger partial charge in [-0.2, -0.15) is 9.40 Å². The Labute approximate surface area is 189 Å². The summed E-state index contributed by atoms with van der Waals surface area (Å²) in [5, 5.41) is 4.35. The molecule has 0 saturated carbocycles. The second-order valence-electron chi connectivity index (χ2n) is 7.31. The number of nitrogens with zero attached hydrogens (tertiary/aromatic N) is 4. The molecule has 1 aromatic heterocycles. The van der Waals surface area contributed by atoms with Gasteiger partial charge in [-0.25, -0.2) is 13.1 Å². The van der Waals surface area contributed by atoms with E-state index >= 15 is 0 Å². The molecule has 0 aliphatic heterocycles. The third-order valence-corrected chi connectivity index (χ3v) is 7.16. The molecule has 1 amide bonds. The summed E-state index contributed by atoms with van der Waals surface area (Å²) in [5.41, 5.74) is 2.63. The predicted molar refractivity (Wildman–Crippen MR) is 126 cm³/mol. The fourth-order valence-electron chi connectivity index (χ4n) is 3.27. The average Bonchev–Trinajstić information content (AvgIpc) is 3.27. The number of likely N-dealkylation sites (N-methyl/N-ethyl adjacent to an activating group) is 1. The van der Waals surface area contributed by atoms with Crippen LogP contribution in [0.15, 0.2) is 78.0 Å². The molecular weight excluding hydrogens is 424 g/mol. The fraction of sp³-hybridized carbons (Fsp3) is 0.250. The van der Waals surface area contributed by atoms with Crippen LogP contribution in [0.3, 0.4) is 0 Å². The number of amides is 1. The number of para-hydroxylation sites is 1. The van der Waals surface area contributed by atoms with Gasteiger partial charge >= 0.3 is 0 Å². The monoisotopic (exact) mass is 452 g/mol. The van der Waals surface area contributed by atoms with Gasteiger partial charge in [0.2, 0.25) is 15.9 Å². The molecular formula is C24H28N4O3S. The quantitative estimate of drug-likeness (QED) is 0.465. The highest BCUT2D eigenvalue weighted by Crippen LogP contribution is 2.17. The van der Waals surface area contributed by atoms with Crippen LogP contribution < -0.4 is 0 Å². The Bertz CT molecular complexity index is 1170. The van der Waals surface area contributed by atoms with Crippen LogP contribution in [0.4, 0.5) is 0 Å². The van der Waals surface area contributed by atoms with Crippen molar-refractivity contribution in [1.82, 2.24) is 19.0 Å². The molecule has 0 spiro atoms. The van der Waals surface area contributed by atoms with Crippen molar-refractivity contribution in [2.45, 2.75) is 25.3 Å². The number of hydrogen-bond donors (Lipinski definition) is 0. The molecule has 0 saturated heterocycles. The molecule has 0 radical (unpaired) electrons. The third kappa shape index (κ3) is 5.52. The molecule has 1 heterocycles. The summed E-state index contributed by atoms with van der Waals surface area (Å²) < 4.78 is 28.3. The zero-order valence-electron chi connectivity index (χ0n) is 18.5. The summed E-state index contributed by atoms with van der Waals surface area (Å²) in [6, 6.07) is 16.3. The molecule has 0 aliphatic carbocycles. The third-order valence-electron chi connectivity index (χ3n) is 5.09. The van der Waals surface area contributed by atoms with Gasteiger partial charge in [0, 0.05) is 44.5 Å². The van der Waals surface area contributed by atoms with E-state index < -0.39 is 10.0 Å². The van der Waals surface area contributed by atoms with Gasteiger partial charge in [0.15, 0.2) is 0 Å². The largest absolute Gasteiger partial charge is 0.338 e. The van der Waals surface area contributed by atoms with Crippen molar-refractivity contribution < 1.29 is 13.2 Å². The van der Waals surface area contributed by atoms with Gasteiger partial charge in [0.25, 0.3) is 0 Å². The van der Waals surface area contributed by atoms with Crippen LogP contribution in [0.25, 0.3) is 11.8 Å². The van der Waals surface area contributed by atoms with E-state index in [4.69, 9.17) is 0 Å². The van der Waals surface area contributed by atoms with E-state index in [0.717, 1.165) is 16.8 Å². The van der Waals surface area contributed by atoms with Crippen LogP contribution in [0, 0.1) is 0 Å². The summed E-state index contributed by atoms with van der Waals surface area (Å²) in [6.07, 6.45) is 6.81. The Morgan fingerprint density at radius 3 is 2.31 bits per heavy atom. The van der Waals surface area contributed by atoms with E-state index in [9.17, 15) is 13.2 Å². The fourth-order valence-corrected chi connectivity index (χ4v) is 4.73. The smallest absolute Gasteiger partial charge is 0.246 e. The highest BCUT2D eigenvalue weighted by atomic mass is 32.2. The Hall–Kier alpha value is -3.23. The van der Waals surface area contributed by atoms with Crippen LogP contribution in [-0.4, -0.2) is 53.4 Å². The lowest BCUT2D eigenvalue weighted by Gasteiger charge is -2.18. The number of benzene rings is 2. The number of hydrogen-bond acceptors (Lipinski definition) is 4. The first-order chi connectivity index (χ1) is 15.3. The van der Waals surface area contributed by atoms with E-state index in [-0.39, 0.29) is 10.8 Å². The standard InChI is InChI=1S/C24H28N4O3S/c1-4-27(5-2)32(30,31)23-14-11-20(12-15-23)13-16-24(29)26(3)18-21-17-25-28(19-21)22-9-7-6-8-10-22/h6-17,19H,4-5,18H2,1-3H3/b16-13+. The number of aromatic nitrogens is 2. The van der Waals surface area contributed by atoms with Crippen molar-refractivity contribution in [2.75, 3.05) is 20.1 Å². The van der Waals surface area contributed by atoms with Crippen molar-refractivity contribution in [2.24, 2.45) is 0 Å². The molecule has 7 nitrogen and oxygen atoms in total. The molecule has 0 atom stereocenters. The van der Waals surface area contributed by atoms with E-state index in [1.807, 2.05) is 50.4 Å². The average molecular weight is 453 g/mol. The van der Waals surface area contributed by atoms with Gasteiger partial charge in [-0.15, -0.1) is 0 Å². The van der Waals surface area contributed by atoms with E-state index in [0.29, 0.717) is 19.6 Å². The molecule has 0 N–H and O–H groups in total. The van der Waals surface area contributed by atoms with Crippen LogP contribution >= 0.6 is 0 Å². The summed E-state index contributed by atoms with van der Waals surface area (Å²) in [6.45, 7) is 4.90. The first-order valence-corrected chi connectivity index (χ1v) is 11.9. The summed E-state index contributed by atoms with van der Waals surface area (Å²) >= 11 is 0. The van der Waals surface area contributed by atoms with Crippen molar-refractivity contribution in [1.29, 1.82) is 0 Å². The molecule has 168 valence electrons. The molecule has 0 aliphatic rings. The highest BCUT2D eigenvalue weighted by molar-refractivity contribution is 7.89. The van der Waals surface area contributed by atoms with Gasteiger partial charge < -0.3 is 4.90 Å². The van der Waals surface area contributed by atoms with Crippen molar-refractivity contribution in [3.63, 3.8) is 0 Å². The summed E-state index contributed by atoms with van der Waals surface area (Å²) in [5.74, 6) is -0.155. The normalized spacial score (nSPS) is 11.9. The number of sulfonamides is 1. The lowest BCUT2D eigenvalue weighted by Crippen LogP contribution is -2.30. The highest BCUT2D eigenvalue weighted by Gasteiger charge is 2.21. The van der Waals surface area contributed by atoms with Gasteiger partial charge in [0.1, 0.15) is 0 Å². The zero-order valence-corrected chi connectivity index (χ0v) is 19.4. The molecule has 3 aromatic rings. The maximum Gasteiger partial charge on any atom is 0.246 e. The topological polar surface area (TPSA) is 75.5 Å². The zero-order chi connectivity index (χ0) is 23.1. The van der Waals surface area contributed by atoms with Crippen molar-refractivity contribution in [3.05, 3.63) is 84.2 Å². The van der Waals surface area contributed by atoms with E-state index in [1.165, 1.54) is 10.4 Å². The molecule has 2 aromatic carbocycles. The number of carbonyl (C=O) groups is 1. The maximum atomic E-state index is 12.6. The van der Waals surface area contributed by atoms with E-state index in [1.54, 1.807) is 53.2 Å². The minimum Gasteiger partial charge on any atom is -0.338 e. The van der Waals surface area contributed by atoms with E-state index in [2.05, 4.69) is 5.10 Å². The summed E-state index contributed by atoms with van der Waals surface area (Å²) in [7, 11) is -1.76. The maximum absolute atomic E-state index is 12.6. The second kappa shape index (κ2) is 10.4. The lowest BCUT2D eigenvalue weighted by atomic mass is 10.2. The SMILES string of the molecule is CCN(CC)S(=O)(=O)c1ccc(/C=C/C(=O)N(C)Cc2cnn(-c3ccccc3)c2)cc1. The van der Waals surface area contributed by atoms with Crippen LogP contribution in [0.1, 0.15) is 25.0 Å². The molecule has 3 rings (SSSR count). The van der Waals surface area contributed by atoms with Gasteiger partial charge in [-0.3, -0.25) is 4.79 Å². The van der Waals surface area contributed by atoms with Crippen LogP contribution in [0.2, 0.25) is 0 Å². The summed E-state index contributed by atoms with van der Waals surface area (Å²) in [4.78, 5) is 14.3. The van der Waals surface area contributed by atoms with Crippen LogP contribution in [0.5, 0.6) is 0 Å². The number of carbonyl (C=O) groups excluding carboxylic acids is 1. The van der Waals surface area contributed by atoms with Gasteiger partial charge in [-0.1, -0.05) is 44.2 Å². The number of rotatable bonds is 9. The second-order valence-corrected chi connectivity index (χ2v) is 9.25. The Morgan fingerprint density at radius 2 is 1.69 bits per heavy atom. The minimum absolute atomic E-state index is 0.155. The first kappa shape index (κ1) is 23.4. The lowest BCUT2D eigenvalue weighted by molar-refractivity contribution is -0.125. The minimum atomic E-state index is -3.49.